The van der Waals surface area contributed by atoms with Crippen LogP contribution in [0.25, 0.3) is 0 Å². The Morgan fingerprint density at radius 3 is 2.38 bits per heavy atom. The lowest BCUT2D eigenvalue weighted by Crippen LogP contribution is -1.95. The third-order valence-corrected chi connectivity index (χ3v) is 2.07. The van der Waals surface area contributed by atoms with Crippen molar-refractivity contribution in [3.63, 3.8) is 0 Å². The molecule has 48 valence electrons. The van der Waals surface area contributed by atoms with Crippen LogP contribution in [-0.2, 0) is 0 Å². The molecule has 1 saturated carbocycles. The lowest BCUT2D eigenvalue weighted by Gasteiger charge is -1.98. The van der Waals surface area contributed by atoms with Crippen molar-refractivity contribution in [2.75, 3.05) is 6.61 Å². The number of rotatable bonds is 2. The van der Waals surface area contributed by atoms with E-state index in [9.17, 15) is 0 Å². The minimum Gasteiger partial charge on any atom is -0.396 e. The Morgan fingerprint density at radius 2 is 2.25 bits per heavy atom. The first kappa shape index (κ1) is 6.09. The summed E-state index contributed by atoms with van der Waals surface area (Å²) in [6.45, 7) is 4.85. The number of hydrogen-bond acceptors (Lipinski definition) is 1. The molecule has 0 radical (unpaired) electrons. The van der Waals surface area contributed by atoms with E-state index >= 15 is 0 Å². The molecule has 0 heterocycles. The smallest absolute Gasteiger partial charge is 0.0462 e. The zero-order valence-electron chi connectivity index (χ0n) is 5.59. The van der Waals surface area contributed by atoms with Crippen LogP contribution >= 0.6 is 0 Å². The molecule has 0 aromatic rings. The average molecular weight is 114 g/mol. The molecule has 1 fully saturated rings. The van der Waals surface area contributed by atoms with Gasteiger partial charge in [-0.3, -0.25) is 0 Å². The van der Waals surface area contributed by atoms with Gasteiger partial charge in [-0.1, -0.05) is 13.8 Å². The first-order valence-electron chi connectivity index (χ1n) is 3.36. The molecule has 0 bridgehead atoms. The lowest BCUT2D eigenvalue weighted by atomic mass is 10.1. The highest BCUT2D eigenvalue weighted by Crippen LogP contribution is 2.43. The van der Waals surface area contributed by atoms with Crippen molar-refractivity contribution in [2.45, 2.75) is 20.3 Å². The third kappa shape index (κ3) is 1.03. The molecular weight excluding hydrogens is 100 g/mol. The Labute approximate surface area is 50.7 Å². The molecule has 2 unspecified atom stereocenters. The van der Waals surface area contributed by atoms with Crippen LogP contribution in [0.2, 0.25) is 0 Å². The highest BCUT2D eigenvalue weighted by molar-refractivity contribution is 4.87. The average Bonchev–Trinajstić information content (AvgIpc) is 2.42. The second-order valence-corrected chi connectivity index (χ2v) is 3.09. The summed E-state index contributed by atoms with van der Waals surface area (Å²) in [6, 6.07) is 0. The summed E-state index contributed by atoms with van der Waals surface area (Å²) in [5.41, 5.74) is 0. The van der Waals surface area contributed by atoms with Crippen LogP contribution in [0.3, 0.4) is 0 Å². The summed E-state index contributed by atoms with van der Waals surface area (Å²) in [6.07, 6.45) is 1.26. The van der Waals surface area contributed by atoms with Gasteiger partial charge in [-0.25, -0.2) is 0 Å². The standard InChI is InChI=1S/C7H14O/c1-5(2)7-3-6(7)4-8/h5-8H,3-4H2,1-2H3. The SMILES string of the molecule is CC(C)C1CC1CO. The van der Waals surface area contributed by atoms with Gasteiger partial charge in [-0.2, -0.15) is 0 Å². The molecule has 1 rings (SSSR count). The molecule has 1 aliphatic rings. The van der Waals surface area contributed by atoms with Crippen LogP contribution < -0.4 is 0 Å². The molecule has 0 spiro atoms. The van der Waals surface area contributed by atoms with Crippen molar-refractivity contribution < 1.29 is 5.11 Å². The Bertz CT molecular complexity index is 78.5. The molecule has 1 nitrogen and oxygen atoms in total. The quantitative estimate of drug-likeness (QED) is 0.573. The van der Waals surface area contributed by atoms with E-state index in [0.717, 1.165) is 11.8 Å². The van der Waals surface area contributed by atoms with Crippen molar-refractivity contribution in [1.29, 1.82) is 0 Å². The van der Waals surface area contributed by atoms with Crippen molar-refractivity contribution in [3.8, 4) is 0 Å². The Balaban J connectivity index is 2.16. The second-order valence-electron chi connectivity index (χ2n) is 3.09. The van der Waals surface area contributed by atoms with Gasteiger partial charge in [-0.05, 0) is 24.2 Å². The van der Waals surface area contributed by atoms with Crippen molar-refractivity contribution in [1.82, 2.24) is 0 Å². The van der Waals surface area contributed by atoms with Crippen LogP contribution in [0.5, 0.6) is 0 Å². The van der Waals surface area contributed by atoms with Crippen molar-refractivity contribution >= 4 is 0 Å². The first-order chi connectivity index (χ1) is 3.75. The number of aliphatic hydroxyl groups excluding tert-OH is 1. The van der Waals surface area contributed by atoms with Crippen LogP contribution in [0.1, 0.15) is 20.3 Å². The fourth-order valence-electron chi connectivity index (χ4n) is 1.30. The highest BCUT2D eigenvalue weighted by atomic mass is 16.3. The molecule has 0 aromatic carbocycles. The van der Waals surface area contributed by atoms with Gasteiger partial charge < -0.3 is 5.11 Å². The molecule has 1 N–H and O–H groups in total. The molecule has 1 heteroatoms. The fourth-order valence-corrected chi connectivity index (χ4v) is 1.30. The normalized spacial score (nSPS) is 36.0. The van der Waals surface area contributed by atoms with Crippen molar-refractivity contribution in [3.05, 3.63) is 0 Å². The van der Waals surface area contributed by atoms with E-state index in [2.05, 4.69) is 13.8 Å². The van der Waals surface area contributed by atoms with E-state index in [1.54, 1.807) is 0 Å². The number of aliphatic hydroxyl groups is 1. The van der Waals surface area contributed by atoms with Gasteiger partial charge in [0.15, 0.2) is 0 Å². The largest absolute Gasteiger partial charge is 0.396 e. The van der Waals surface area contributed by atoms with Gasteiger partial charge in [0.1, 0.15) is 0 Å². The van der Waals surface area contributed by atoms with E-state index in [-0.39, 0.29) is 0 Å². The third-order valence-electron chi connectivity index (χ3n) is 2.07. The Hall–Kier alpha value is -0.0400. The van der Waals surface area contributed by atoms with Gasteiger partial charge in [0.25, 0.3) is 0 Å². The maximum absolute atomic E-state index is 8.63. The summed E-state index contributed by atoms with van der Waals surface area (Å²) in [5.74, 6) is 2.27. The fraction of sp³-hybridized carbons (Fsp3) is 1.00. The Morgan fingerprint density at radius 1 is 1.62 bits per heavy atom. The predicted octanol–water partition coefficient (Wildman–Crippen LogP) is 1.27. The van der Waals surface area contributed by atoms with Crippen molar-refractivity contribution in [2.24, 2.45) is 17.8 Å². The van der Waals surface area contributed by atoms with Gasteiger partial charge in [-0.15, -0.1) is 0 Å². The van der Waals surface area contributed by atoms with Crippen LogP contribution in [0.15, 0.2) is 0 Å². The highest BCUT2D eigenvalue weighted by Gasteiger charge is 2.38. The lowest BCUT2D eigenvalue weighted by molar-refractivity contribution is 0.262. The second kappa shape index (κ2) is 2.06. The minimum atomic E-state index is 0.406. The molecule has 0 saturated heterocycles. The van der Waals surface area contributed by atoms with E-state index in [4.69, 9.17) is 5.11 Å². The molecule has 0 aliphatic heterocycles. The topological polar surface area (TPSA) is 20.2 Å². The van der Waals surface area contributed by atoms with E-state index < -0.39 is 0 Å². The van der Waals surface area contributed by atoms with Crippen LogP contribution in [0, 0.1) is 17.8 Å². The maximum Gasteiger partial charge on any atom is 0.0462 e. The van der Waals surface area contributed by atoms with Crippen LogP contribution in [0.4, 0.5) is 0 Å². The Kier molecular flexibility index (Phi) is 1.57. The van der Waals surface area contributed by atoms with Crippen LogP contribution in [-0.4, -0.2) is 11.7 Å². The maximum atomic E-state index is 8.63. The monoisotopic (exact) mass is 114 g/mol. The molecule has 1 aliphatic carbocycles. The summed E-state index contributed by atoms with van der Waals surface area (Å²) in [7, 11) is 0. The van der Waals surface area contributed by atoms with Gasteiger partial charge in [0.2, 0.25) is 0 Å². The summed E-state index contributed by atoms with van der Waals surface area (Å²) in [4.78, 5) is 0. The predicted molar refractivity (Wildman–Crippen MR) is 33.5 cm³/mol. The summed E-state index contributed by atoms with van der Waals surface area (Å²) < 4.78 is 0. The summed E-state index contributed by atoms with van der Waals surface area (Å²) in [5, 5.41) is 8.63. The molecule has 0 amide bonds. The molecule has 8 heavy (non-hydrogen) atoms. The van der Waals surface area contributed by atoms with E-state index in [1.165, 1.54) is 6.42 Å². The minimum absolute atomic E-state index is 0.406. The molecular formula is C7H14O. The first-order valence-corrected chi connectivity index (χ1v) is 3.36. The zero-order valence-corrected chi connectivity index (χ0v) is 5.59. The van der Waals surface area contributed by atoms with E-state index in [0.29, 0.717) is 12.5 Å². The van der Waals surface area contributed by atoms with E-state index in [1.807, 2.05) is 0 Å². The molecule has 0 aromatic heterocycles. The van der Waals surface area contributed by atoms with Gasteiger partial charge in [0, 0.05) is 6.61 Å². The number of hydrogen-bond donors (Lipinski definition) is 1. The zero-order chi connectivity index (χ0) is 6.15. The summed E-state index contributed by atoms with van der Waals surface area (Å²) >= 11 is 0. The van der Waals surface area contributed by atoms with Gasteiger partial charge >= 0.3 is 0 Å². The molecule has 2 atom stereocenters. The van der Waals surface area contributed by atoms with Gasteiger partial charge in [0.05, 0.1) is 0 Å².